The van der Waals surface area contributed by atoms with Gasteiger partial charge < -0.3 is 15.2 Å². The molecule has 0 spiro atoms. The molecule has 0 aromatic heterocycles. The maximum absolute atomic E-state index is 12.3. The number of anilines is 1. The highest BCUT2D eigenvalue weighted by atomic mass is 16.5. The van der Waals surface area contributed by atoms with Crippen LogP contribution in [0.25, 0.3) is 0 Å². The molecule has 1 fully saturated rings. The number of rotatable bonds is 6. The van der Waals surface area contributed by atoms with Gasteiger partial charge >= 0.3 is 0 Å². The molecule has 5 nitrogen and oxygen atoms in total. The van der Waals surface area contributed by atoms with E-state index in [4.69, 9.17) is 4.74 Å². The molecule has 2 N–H and O–H groups in total. The van der Waals surface area contributed by atoms with Crippen LogP contribution in [-0.2, 0) is 11.4 Å². The fourth-order valence-electron chi connectivity index (χ4n) is 2.91. The number of nitrogens with zero attached hydrogens (tertiary/aromatic N) is 1. The third kappa shape index (κ3) is 4.81. The molecule has 0 bridgehead atoms. The molecular weight excluding hydrogens is 316 g/mol. The standard InChI is InChI=1S/C20H24N2O3/c1-15(22-12-11-18(23)13-22)20(24)21-17-7-9-19(10-8-17)25-14-16-5-3-2-4-6-16/h2-10,15,18,23H,11-14H2,1H3,(H,21,24)/t15?,18-/m0/s1. The summed E-state index contributed by atoms with van der Waals surface area (Å²) >= 11 is 0. The highest BCUT2D eigenvalue weighted by molar-refractivity contribution is 5.94. The lowest BCUT2D eigenvalue weighted by atomic mass is 10.2. The molecular formula is C20H24N2O3. The molecule has 1 heterocycles. The normalized spacial score (nSPS) is 18.7. The van der Waals surface area contributed by atoms with E-state index in [1.807, 2.05) is 66.4 Å². The summed E-state index contributed by atoms with van der Waals surface area (Å²) in [7, 11) is 0. The maximum Gasteiger partial charge on any atom is 0.241 e. The van der Waals surface area contributed by atoms with Crippen molar-refractivity contribution in [3.63, 3.8) is 0 Å². The second-order valence-corrected chi connectivity index (χ2v) is 6.40. The molecule has 3 rings (SSSR count). The zero-order valence-electron chi connectivity index (χ0n) is 14.4. The number of carbonyl (C=O) groups is 1. The van der Waals surface area contributed by atoms with Gasteiger partial charge in [-0.2, -0.15) is 0 Å². The van der Waals surface area contributed by atoms with Crippen LogP contribution >= 0.6 is 0 Å². The van der Waals surface area contributed by atoms with Crippen molar-refractivity contribution in [2.24, 2.45) is 0 Å². The number of carbonyl (C=O) groups excluding carboxylic acids is 1. The summed E-state index contributed by atoms with van der Waals surface area (Å²) in [6.45, 7) is 3.69. The molecule has 5 heteroatoms. The molecule has 1 unspecified atom stereocenters. The number of hydrogen-bond acceptors (Lipinski definition) is 4. The first-order valence-electron chi connectivity index (χ1n) is 8.61. The van der Waals surface area contributed by atoms with Crippen LogP contribution in [0.15, 0.2) is 54.6 Å². The van der Waals surface area contributed by atoms with Crippen molar-refractivity contribution in [3.8, 4) is 5.75 Å². The lowest BCUT2D eigenvalue weighted by molar-refractivity contribution is -0.120. The van der Waals surface area contributed by atoms with Gasteiger partial charge in [-0.25, -0.2) is 0 Å². The molecule has 1 amide bonds. The fourth-order valence-corrected chi connectivity index (χ4v) is 2.91. The van der Waals surface area contributed by atoms with Crippen molar-refractivity contribution < 1.29 is 14.6 Å². The first-order valence-corrected chi connectivity index (χ1v) is 8.61. The van der Waals surface area contributed by atoms with Crippen LogP contribution in [0.4, 0.5) is 5.69 Å². The van der Waals surface area contributed by atoms with Gasteiger partial charge in [0.15, 0.2) is 0 Å². The van der Waals surface area contributed by atoms with E-state index in [1.165, 1.54) is 0 Å². The highest BCUT2D eigenvalue weighted by Gasteiger charge is 2.28. The largest absolute Gasteiger partial charge is 0.489 e. The van der Waals surface area contributed by atoms with Gasteiger partial charge in [0.2, 0.25) is 5.91 Å². The summed E-state index contributed by atoms with van der Waals surface area (Å²) in [5.41, 5.74) is 1.85. The van der Waals surface area contributed by atoms with E-state index >= 15 is 0 Å². The number of benzene rings is 2. The minimum Gasteiger partial charge on any atom is -0.489 e. The van der Waals surface area contributed by atoms with E-state index in [-0.39, 0.29) is 18.1 Å². The number of likely N-dealkylation sites (tertiary alicyclic amines) is 1. The van der Waals surface area contributed by atoms with Crippen LogP contribution in [0.3, 0.4) is 0 Å². The maximum atomic E-state index is 12.3. The third-order valence-electron chi connectivity index (χ3n) is 4.49. The van der Waals surface area contributed by atoms with E-state index < -0.39 is 0 Å². The Bertz CT molecular complexity index is 688. The quantitative estimate of drug-likeness (QED) is 0.849. The van der Waals surface area contributed by atoms with E-state index in [2.05, 4.69) is 5.32 Å². The van der Waals surface area contributed by atoms with Crippen LogP contribution in [0.1, 0.15) is 18.9 Å². The average Bonchev–Trinajstić information content (AvgIpc) is 3.07. The van der Waals surface area contributed by atoms with Crippen molar-refractivity contribution in [1.82, 2.24) is 4.90 Å². The summed E-state index contributed by atoms with van der Waals surface area (Å²) in [4.78, 5) is 14.3. The number of nitrogens with one attached hydrogen (secondary N) is 1. The Morgan fingerprint density at radius 3 is 2.60 bits per heavy atom. The zero-order valence-corrected chi connectivity index (χ0v) is 14.4. The van der Waals surface area contributed by atoms with Gasteiger partial charge in [0.1, 0.15) is 12.4 Å². The first-order chi connectivity index (χ1) is 12.1. The SMILES string of the molecule is CC(C(=O)Nc1ccc(OCc2ccccc2)cc1)N1CC[C@H](O)C1. The minimum atomic E-state index is -0.323. The van der Waals surface area contributed by atoms with E-state index in [1.54, 1.807) is 0 Å². The smallest absolute Gasteiger partial charge is 0.241 e. The van der Waals surface area contributed by atoms with Crippen molar-refractivity contribution in [3.05, 3.63) is 60.2 Å². The van der Waals surface area contributed by atoms with Crippen LogP contribution in [0.5, 0.6) is 5.75 Å². The Morgan fingerprint density at radius 2 is 1.96 bits per heavy atom. The molecule has 1 aliphatic rings. The van der Waals surface area contributed by atoms with Crippen molar-refractivity contribution >= 4 is 11.6 Å². The number of aliphatic hydroxyl groups excluding tert-OH is 1. The van der Waals surface area contributed by atoms with Crippen molar-refractivity contribution in [1.29, 1.82) is 0 Å². The molecule has 0 aliphatic carbocycles. The number of aliphatic hydroxyl groups is 1. The van der Waals surface area contributed by atoms with Gasteiger partial charge in [-0.3, -0.25) is 9.69 Å². The molecule has 0 saturated carbocycles. The van der Waals surface area contributed by atoms with Crippen molar-refractivity contribution in [2.75, 3.05) is 18.4 Å². The summed E-state index contributed by atoms with van der Waals surface area (Å²) in [6.07, 6.45) is 0.404. The van der Waals surface area contributed by atoms with Gasteiger partial charge in [-0.1, -0.05) is 30.3 Å². The Hall–Kier alpha value is -2.37. The van der Waals surface area contributed by atoms with E-state index in [9.17, 15) is 9.90 Å². The van der Waals surface area contributed by atoms with Crippen molar-refractivity contribution in [2.45, 2.75) is 32.1 Å². The first kappa shape index (κ1) is 17.5. The second-order valence-electron chi connectivity index (χ2n) is 6.40. The summed E-state index contributed by atoms with van der Waals surface area (Å²) in [5, 5.41) is 12.5. The molecule has 132 valence electrons. The zero-order chi connectivity index (χ0) is 17.6. The number of hydrogen-bond donors (Lipinski definition) is 2. The third-order valence-corrected chi connectivity index (χ3v) is 4.49. The van der Waals surface area contributed by atoms with Gasteiger partial charge in [0, 0.05) is 18.8 Å². The number of ether oxygens (including phenoxy) is 1. The van der Waals surface area contributed by atoms with Gasteiger partial charge in [0.05, 0.1) is 12.1 Å². The molecule has 1 saturated heterocycles. The van der Waals surface area contributed by atoms with E-state index in [0.29, 0.717) is 13.2 Å². The van der Waals surface area contributed by atoms with Crippen LogP contribution in [0, 0.1) is 0 Å². The average molecular weight is 340 g/mol. The fraction of sp³-hybridized carbons (Fsp3) is 0.350. The molecule has 2 aromatic rings. The van der Waals surface area contributed by atoms with Gasteiger partial charge in [-0.05, 0) is 43.2 Å². The van der Waals surface area contributed by atoms with Crippen LogP contribution in [-0.4, -0.2) is 41.1 Å². The molecule has 25 heavy (non-hydrogen) atoms. The van der Waals surface area contributed by atoms with Crippen LogP contribution in [0.2, 0.25) is 0 Å². The Balaban J connectivity index is 1.51. The van der Waals surface area contributed by atoms with Gasteiger partial charge in [-0.15, -0.1) is 0 Å². The summed E-state index contributed by atoms with van der Waals surface area (Å²) < 4.78 is 5.74. The van der Waals surface area contributed by atoms with E-state index in [0.717, 1.165) is 30.0 Å². The summed E-state index contributed by atoms with van der Waals surface area (Å²) in [5.74, 6) is 0.699. The molecule has 2 aromatic carbocycles. The number of β-amino-alcohol motifs (C(OH)–C–C–N with tert-alkyl or cyclic N) is 1. The number of amides is 1. The minimum absolute atomic E-state index is 0.0629. The Morgan fingerprint density at radius 1 is 1.24 bits per heavy atom. The predicted molar refractivity (Wildman–Crippen MR) is 97.5 cm³/mol. The highest BCUT2D eigenvalue weighted by Crippen LogP contribution is 2.18. The Kier molecular flexibility index (Phi) is 5.68. The summed E-state index contributed by atoms with van der Waals surface area (Å²) in [6, 6.07) is 17.1. The van der Waals surface area contributed by atoms with Gasteiger partial charge in [0.25, 0.3) is 0 Å². The Labute approximate surface area is 148 Å². The predicted octanol–water partition coefficient (Wildman–Crippen LogP) is 2.66. The monoisotopic (exact) mass is 340 g/mol. The molecule has 1 aliphatic heterocycles. The second kappa shape index (κ2) is 8.14. The molecule has 2 atom stereocenters. The molecule has 0 radical (unpaired) electrons. The lowest BCUT2D eigenvalue weighted by Gasteiger charge is -2.22. The van der Waals surface area contributed by atoms with Crippen LogP contribution < -0.4 is 10.1 Å². The topological polar surface area (TPSA) is 61.8 Å². The lowest BCUT2D eigenvalue weighted by Crippen LogP contribution is -2.41.